The van der Waals surface area contributed by atoms with Gasteiger partial charge in [-0.2, -0.15) is 0 Å². The third-order valence-electron chi connectivity index (χ3n) is 3.91. The lowest BCUT2D eigenvalue weighted by atomic mass is 9.94. The van der Waals surface area contributed by atoms with Crippen LogP contribution in [-0.4, -0.2) is 59.6 Å². The van der Waals surface area contributed by atoms with Crippen molar-refractivity contribution < 1.29 is 24.2 Å². The predicted molar refractivity (Wildman–Crippen MR) is 80.3 cm³/mol. The monoisotopic (exact) mass is 314 g/mol. The van der Waals surface area contributed by atoms with Crippen molar-refractivity contribution in [2.24, 2.45) is 0 Å². The molecule has 7 heteroatoms. The molecular formula is C15H26N2O5. The number of aliphatic carboxylic acids is 1. The summed E-state index contributed by atoms with van der Waals surface area (Å²) in [6.45, 7) is 5.85. The van der Waals surface area contributed by atoms with Crippen LogP contribution in [0.3, 0.4) is 0 Å². The fourth-order valence-electron chi connectivity index (χ4n) is 2.67. The van der Waals surface area contributed by atoms with E-state index in [0.717, 1.165) is 0 Å². The first-order valence-corrected chi connectivity index (χ1v) is 7.80. The molecule has 1 aliphatic heterocycles. The van der Waals surface area contributed by atoms with Crippen LogP contribution in [-0.2, 0) is 19.1 Å². The van der Waals surface area contributed by atoms with Crippen LogP contribution in [0.2, 0.25) is 0 Å². The number of carbonyl (C=O) groups is 3. The van der Waals surface area contributed by atoms with Crippen LogP contribution in [0.4, 0.5) is 0 Å². The second-order valence-corrected chi connectivity index (χ2v) is 5.62. The molecule has 1 rings (SSSR count). The van der Waals surface area contributed by atoms with E-state index >= 15 is 0 Å². The molecule has 2 N–H and O–H groups in total. The highest BCUT2D eigenvalue weighted by molar-refractivity contribution is 5.80. The van der Waals surface area contributed by atoms with Crippen LogP contribution in [0.1, 0.15) is 46.0 Å². The molecule has 1 fully saturated rings. The van der Waals surface area contributed by atoms with E-state index in [1.807, 2.05) is 13.8 Å². The molecule has 22 heavy (non-hydrogen) atoms. The number of carboxylic acids is 1. The molecule has 126 valence electrons. The SMILES string of the molecule is CCN(CC)C(=O)CCCC(=O)NC1(CC(=O)O)CCOC1. The third kappa shape index (κ3) is 5.63. The molecule has 1 heterocycles. The van der Waals surface area contributed by atoms with Crippen molar-refractivity contribution in [3.05, 3.63) is 0 Å². The molecule has 0 spiro atoms. The normalized spacial score (nSPS) is 20.6. The van der Waals surface area contributed by atoms with Gasteiger partial charge in [-0.25, -0.2) is 0 Å². The zero-order valence-corrected chi connectivity index (χ0v) is 13.4. The highest BCUT2D eigenvalue weighted by Gasteiger charge is 2.38. The van der Waals surface area contributed by atoms with Crippen LogP contribution in [0.25, 0.3) is 0 Å². The molecule has 0 aromatic carbocycles. The van der Waals surface area contributed by atoms with Crippen molar-refractivity contribution in [3.8, 4) is 0 Å². The molecule has 1 aliphatic rings. The summed E-state index contributed by atoms with van der Waals surface area (Å²) >= 11 is 0. The average molecular weight is 314 g/mol. The number of carboxylic acid groups (broad SMARTS) is 1. The molecule has 1 atom stereocenters. The molecule has 1 unspecified atom stereocenters. The Balaban J connectivity index is 2.38. The minimum absolute atomic E-state index is 0.0437. The van der Waals surface area contributed by atoms with Crippen molar-refractivity contribution >= 4 is 17.8 Å². The minimum Gasteiger partial charge on any atom is -0.481 e. The van der Waals surface area contributed by atoms with E-state index in [4.69, 9.17) is 9.84 Å². The Morgan fingerprint density at radius 2 is 1.91 bits per heavy atom. The highest BCUT2D eigenvalue weighted by Crippen LogP contribution is 2.23. The van der Waals surface area contributed by atoms with E-state index in [1.54, 1.807) is 4.90 Å². The number of hydrogen-bond acceptors (Lipinski definition) is 4. The van der Waals surface area contributed by atoms with Crippen molar-refractivity contribution in [3.63, 3.8) is 0 Å². The van der Waals surface area contributed by atoms with E-state index in [1.165, 1.54) is 0 Å². The molecule has 1 saturated heterocycles. The Morgan fingerprint density at radius 3 is 2.41 bits per heavy atom. The Morgan fingerprint density at radius 1 is 1.23 bits per heavy atom. The van der Waals surface area contributed by atoms with Crippen molar-refractivity contribution in [2.45, 2.75) is 51.5 Å². The third-order valence-corrected chi connectivity index (χ3v) is 3.91. The van der Waals surface area contributed by atoms with Gasteiger partial charge >= 0.3 is 5.97 Å². The quantitative estimate of drug-likeness (QED) is 0.655. The zero-order chi connectivity index (χ0) is 16.6. The number of nitrogens with zero attached hydrogens (tertiary/aromatic N) is 1. The van der Waals surface area contributed by atoms with Crippen molar-refractivity contribution in [2.75, 3.05) is 26.3 Å². The van der Waals surface area contributed by atoms with Crippen LogP contribution < -0.4 is 5.32 Å². The maximum Gasteiger partial charge on any atom is 0.305 e. The summed E-state index contributed by atoms with van der Waals surface area (Å²) in [4.78, 5) is 36.5. The van der Waals surface area contributed by atoms with Gasteiger partial charge in [0.25, 0.3) is 0 Å². The van der Waals surface area contributed by atoms with Crippen LogP contribution in [0, 0.1) is 0 Å². The van der Waals surface area contributed by atoms with Gasteiger partial charge < -0.3 is 20.1 Å². The fraction of sp³-hybridized carbons (Fsp3) is 0.800. The summed E-state index contributed by atoms with van der Waals surface area (Å²) in [6.07, 6.45) is 1.37. The van der Waals surface area contributed by atoms with Crippen molar-refractivity contribution in [1.82, 2.24) is 10.2 Å². The number of carbonyl (C=O) groups excluding carboxylic acids is 2. The van der Waals surface area contributed by atoms with Gasteiger partial charge in [-0.05, 0) is 26.7 Å². The highest BCUT2D eigenvalue weighted by atomic mass is 16.5. The van der Waals surface area contributed by atoms with Gasteiger partial charge in [-0.3, -0.25) is 14.4 Å². The lowest BCUT2D eigenvalue weighted by Gasteiger charge is -2.27. The lowest BCUT2D eigenvalue weighted by molar-refractivity contribution is -0.139. The summed E-state index contributed by atoms with van der Waals surface area (Å²) in [5, 5.41) is 11.7. The van der Waals surface area contributed by atoms with Gasteiger partial charge in [-0.1, -0.05) is 0 Å². The van der Waals surface area contributed by atoms with E-state index < -0.39 is 11.5 Å². The summed E-state index contributed by atoms with van der Waals surface area (Å²) in [6, 6.07) is 0. The fourth-order valence-corrected chi connectivity index (χ4v) is 2.67. The van der Waals surface area contributed by atoms with Gasteiger partial charge in [0, 0.05) is 32.5 Å². The first kappa shape index (κ1) is 18.4. The summed E-state index contributed by atoms with van der Waals surface area (Å²) in [5.74, 6) is -1.14. The number of ether oxygens (including phenoxy) is 1. The standard InChI is InChI=1S/C15H26N2O5/c1-3-17(4-2)13(19)7-5-6-12(18)16-15(10-14(20)21)8-9-22-11-15/h3-11H2,1-2H3,(H,16,18)(H,20,21). The zero-order valence-electron chi connectivity index (χ0n) is 13.4. The molecule has 0 aliphatic carbocycles. The second kappa shape index (κ2) is 8.73. The van der Waals surface area contributed by atoms with Gasteiger partial charge in [-0.15, -0.1) is 0 Å². The molecule has 0 bridgehead atoms. The maximum atomic E-state index is 12.0. The molecule has 0 radical (unpaired) electrons. The number of hydrogen-bond donors (Lipinski definition) is 2. The number of amides is 2. The maximum absolute atomic E-state index is 12.0. The molecular weight excluding hydrogens is 288 g/mol. The number of rotatable bonds is 9. The van der Waals surface area contributed by atoms with Crippen LogP contribution in [0.15, 0.2) is 0 Å². The van der Waals surface area contributed by atoms with E-state index in [9.17, 15) is 14.4 Å². The topological polar surface area (TPSA) is 95.9 Å². The average Bonchev–Trinajstić information content (AvgIpc) is 2.87. The van der Waals surface area contributed by atoms with Gasteiger partial charge in [0.15, 0.2) is 0 Å². The summed E-state index contributed by atoms with van der Waals surface area (Å²) in [7, 11) is 0. The Kier molecular flexibility index (Phi) is 7.31. The Hall–Kier alpha value is -1.63. The van der Waals surface area contributed by atoms with Crippen molar-refractivity contribution in [1.29, 1.82) is 0 Å². The molecule has 2 amide bonds. The largest absolute Gasteiger partial charge is 0.481 e. The molecule has 7 nitrogen and oxygen atoms in total. The van der Waals surface area contributed by atoms with Crippen LogP contribution >= 0.6 is 0 Å². The van der Waals surface area contributed by atoms with E-state index in [0.29, 0.717) is 39.0 Å². The number of nitrogens with one attached hydrogen (secondary N) is 1. The summed E-state index contributed by atoms with van der Waals surface area (Å²) < 4.78 is 5.23. The Labute approximate surface area is 131 Å². The van der Waals surface area contributed by atoms with Gasteiger partial charge in [0.05, 0.1) is 18.6 Å². The Bertz CT molecular complexity index is 401. The van der Waals surface area contributed by atoms with Gasteiger partial charge in [0.1, 0.15) is 0 Å². The molecule has 0 aromatic rings. The van der Waals surface area contributed by atoms with Crippen LogP contribution in [0.5, 0.6) is 0 Å². The summed E-state index contributed by atoms with van der Waals surface area (Å²) in [5.41, 5.74) is -0.800. The lowest BCUT2D eigenvalue weighted by Crippen LogP contribution is -2.50. The van der Waals surface area contributed by atoms with E-state index in [2.05, 4.69) is 5.32 Å². The first-order valence-electron chi connectivity index (χ1n) is 7.80. The first-order chi connectivity index (χ1) is 10.4. The molecule has 0 aromatic heterocycles. The minimum atomic E-state index is -0.956. The second-order valence-electron chi connectivity index (χ2n) is 5.62. The van der Waals surface area contributed by atoms with Gasteiger partial charge in [0.2, 0.25) is 11.8 Å². The smallest absolute Gasteiger partial charge is 0.305 e. The van der Waals surface area contributed by atoms with E-state index in [-0.39, 0.29) is 31.3 Å². The predicted octanol–water partition coefficient (Wildman–Crippen LogP) is 0.775. The molecule has 0 saturated carbocycles.